The van der Waals surface area contributed by atoms with Crippen molar-refractivity contribution in [3.8, 4) is 0 Å². The number of alkyl halides is 8. The van der Waals surface area contributed by atoms with E-state index in [1.807, 2.05) is 0 Å². The molecule has 0 radical (unpaired) electrons. The molecule has 2 unspecified atom stereocenters. The molecule has 2 atom stereocenters. The topological polar surface area (TPSA) is 18.5 Å². The highest BCUT2D eigenvalue weighted by atomic mass is 19.4. The van der Waals surface area contributed by atoms with Gasteiger partial charge in [-0.3, -0.25) is 0 Å². The quantitative estimate of drug-likeness (QED) is 0.527. The average molecular weight is 290 g/mol. The molecule has 0 heterocycles. The molecule has 0 aromatic carbocycles. The third-order valence-electron chi connectivity index (χ3n) is 1.46. The molecule has 0 aromatic rings. The molecule has 18 heavy (non-hydrogen) atoms. The zero-order valence-electron chi connectivity index (χ0n) is 8.82. The molecule has 0 saturated carbocycles. The smallest absolute Gasteiger partial charge is 0.345 e. The predicted molar refractivity (Wildman–Crippen MR) is 43.0 cm³/mol. The zero-order chi connectivity index (χ0) is 14.4. The number of hydrogen-bond acceptors (Lipinski definition) is 2. The largest absolute Gasteiger partial charge is 0.394 e. The summed E-state index contributed by atoms with van der Waals surface area (Å²) in [6, 6.07) is 0. The van der Waals surface area contributed by atoms with Gasteiger partial charge in [-0.2, -0.15) is 26.3 Å². The Morgan fingerprint density at radius 2 is 0.944 bits per heavy atom. The first kappa shape index (κ1) is 17.4. The molecule has 0 spiro atoms. The van der Waals surface area contributed by atoms with E-state index >= 15 is 0 Å². The van der Waals surface area contributed by atoms with Crippen molar-refractivity contribution in [1.82, 2.24) is 0 Å². The Morgan fingerprint density at radius 1 is 0.667 bits per heavy atom. The van der Waals surface area contributed by atoms with E-state index in [1.54, 1.807) is 0 Å². The molecular weight excluding hydrogens is 280 g/mol. The van der Waals surface area contributed by atoms with E-state index in [0.717, 1.165) is 0 Å². The first-order chi connectivity index (χ1) is 7.99. The molecule has 0 fully saturated rings. The summed E-state index contributed by atoms with van der Waals surface area (Å²) in [5.41, 5.74) is 0. The summed E-state index contributed by atoms with van der Waals surface area (Å²) in [6.45, 7) is -1.56. The van der Waals surface area contributed by atoms with Crippen LogP contribution in [0.3, 0.4) is 0 Å². The summed E-state index contributed by atoms with van der Waals surface area (Å²) < 4.78 is 102. The SMILES string of the molecule is FC(CC(F)(F)F)OCCOC(F)CC(F)(F)F. The third-order valence-corrected chi connectivity index (χ3v) is 1.46. The first-order valence-electron chi connectivity index (χ1n) is 4.64. The van der Waals surface area contributed by atoms with Crippen LogP contribution < -0.4 is 0 Å². The van der Waals surface area contributed by atoms with Gasteiger partial charge in [0, 0.05) is 0 Å². The summed E-state index contributed by atoms with van der Waals surface area (Å²) in [4.78, 5) is 0. The lowest BCUT2D eigenvalue weighted by atomic mass is 10.4. The Kier molecular flexibility index (Phi) is 6.82. The Morgan fingerprint density at radius 3 is 1.17 bits per heavy atom. The van der Waals surface area contributed by atoms with E-state index in [4.69, 9.17) is 0 Å². The Hall–Kier alpha value is -0.640. The molecule has 0 rings (SSSR count). The Labute approximate surface area is 96.8 Å². The monoisotopic (exact) mass is 290 g/mol. The number of halogens is 8. The van der Waals surface area contributed by atoms with Crippen LogP contribution >= 0.6 is 0 Å². The molecule has 0 aliphatic heterocycles. The lowest BCUT2D eigenvalue weighted by molar-refractivity contribution is -0.200. The van der Waals surface area contributed by atoms with Gasteiger partial charge in [0.05, 0.1) is 26.1 Å². The van der Waals surface area contributed by atoms with E-state index < -0.39 is 51.1 Å². The van der Waals surface area contributed by atoms with Crippen molar-refractivity contribution in [3.05, 3.63) is 0 Å². The third kappa shape index (κ3) is 11.8. The molecule has 0 saturated heterocycles. The van der Waals surface area contributed by atoms with Crippen LogP contribution in [0.2, 0.25) is 0 Å². The maximum Gasteiger partial charge on any atom is 0.394 e. The molecule has 0 amide bonds. The van der Waals surface area contributed by atoms with Crippen LogP contribution in [-0.2, 0) is 9.47 Å². The highest BCUT2D eigenvalue weighted by molar-refractivity contribution is 4.54. The van der Waals surface area contributed by atoms with Gasteiger partial charge in [-0.1, -0.05) is 0 Å². The van der Waals surface area contributed by atoms with Gasteiger partial charge < -0.3 is 9.47 Å². The second-order valence-electron chi connectivity index (χ2n) is 3.20. The minimum absolute atomic E-state index is 0.782. The molecule has 0 aromatic heterocycles. The van der Waals surface area contributed by atoms with Gasteiger partial charge in [0.2, 0.25) is 12.7 Å². The fourth-order valence-electron chi connectivity index (χ4n) is 0.834. The molecular formula is C8H10F8O2. The summed E-state index contributed by atoms with van der Waals surface area (Å²) in [6.07, 6.45) is -18.6. The maximum atomic E-state index is 12.4. The Balaban J connectivity index is 3.62. The highest BCUT2D eigenvalue weighted by Crippen LogP contribution is 2.24. The van der Waals surface area contributed by atoms with Gasteiger partial charge in [0.25, 0.3) is 0 Å². The van der Waals surface area contributed by atoms with Gasteiger partial charge in [-0.05, 0) is 0 Å². The molecule has 0 N–H and O–H groups in total. The zero-order valence-corrected chi connectivity index (χ0v) is 8.82. The van der Waals surface area contributed by atoms with Crippen LogP contribution in [-0.4, -0.2) is 38.3 Å². The van der Waals surface area contributed by atoms with Crippen LogP contribution in [0.5, 0.6) is 0 Å². The van der Waals surface area contributed by atoms with Crippen molar-refractivity contribution in [2.24, 2.45) is 0 Å². The van der Waals surface area contributed by atoms with E-state index in [2.05, 4.69) is 9.47 Å². The fraction of sp³-hybridized carbons (Fsp3) is 1.00. The van der Waals surface area contributed by atoms with Gasteiger partial charge >= 0.3 is 12.4 Å². The second-order valence-corrected chi connectivity index (χ2v) is 3.20. The van der Waals surface area contributed by atoms with Crippen LogP contribution in [0.25, 0.3) is 0 Å². The second kappa shape index (κ2) is 7.07. The molecule has 2 nitrogen and oxygen atoms in total. The van der Waals surface area contributed by atoms with Crippen molar-refractivity contribution >= 4 is 0 Å². The van der Waals surface area contributed by atoms with Gasteiger partial charge in [0.1, 0.15) is 0 Å². The predicted octanol–water partition coefficient (Wildman–Crippen LogP) is 3.52. The van der Waals surface area contributed by atoms with Crippen molar-refractivity contribution in [2.75, 3.05) is 13.2 Å². The highest BCUT2D eigenvalue weighted by Gasteiger charge is 2.33. The normalized spacial score (nSPS) is 16.7. The average Bonchev–Trinajstić information content (AvgIpc) is 2.06. The van der Waals surface area contributed by atoms with Crippen molar-refractivity contribution in [1.29, 1.82) is 0 Å². The van der Waals surface area contributed by atoms with Crippen molar-refractivity contribution in [3.63, 3.8) is 0 Å². The van der Waals surface area contributed by atoms with E-state index in [9.17, 15) is 35.1 Å². The number of hydrogen-bond donors (Lipinski definition) is 0. The van der Waals surface area contributed by atoms with Crippen LogP contribution in [0.1, 0.15) is 12.8 Å². The van der Waals surface area contributed by atoms with Crippen molar-refractivity contribution in [2.45, 2.75) is 37.9 Å². The fourth-order valence-corrected chi connectivity index (χ4v) is 0.834. The summed E-state index contributed by atoms with van der Waals surface area (Å²) in [5, 5.41) is 0. The van der Waals surface area contributed by atoms with Gasteiger partial charge in [0.15, 0.2) is 0 Å². The molecule has 110 valence electrons. The van der Waals surface area contributed by atoms with Crippen LogP contribution in [0.15, 0.2) is 0 Å². The maximum absolute atomic E-state index is 12.4. The summed E-state index contributed by atoms with van der Waals surface area (Å²) in [5.74, 6) is 0. The number of ether oxygens (including phenoxy) is 2. The molecule has 0 aliphatic rings. The molecule has 10 heteroatoms. The minimum atomic E-state index is -4.76. The van der Waals surface area contributed by atoms with Crippen LogP contribution in [0, 0.1) is 0 Å². The van der Waals surface area contributed by atoms with E-state index in [1.165, 1.54) is 0 Å². The van der Waals surface area contributed by atoms with Crippen LogP contribution in [0.4, 0.5) is 35.1 Å². The minimum Gasteiger partial charge on any atom is -0.345 e. The Bertz CT molecular complexity index is 202. The lowest BCUT2D eigenvalue weighted by Crippen LogP contribution is -2.23. The molecule has 0 bridgehead atoms. The van der Waals surface area contributed by atoms with Crippen molar-refractivity contribution < 1.29 is 44.6 Å². The standard InChI is InChI=1S/C8H10F8O2/c9-5(3-7(11,12)13)17-1-2-18-6(10)4-8(14,15)16/h5-6H,1-4H2. The van der Waals surface area contributed by atoms with Gasteiger partial charge in [-0.15, -0.1) is 0 Å². The molecule has 0 aliphatic carbocycles. The van der Waals surface area contributed by atoms with E-state index in [0.29, 0.717) is 0 Å². The van der Waals surface area contributed by atoms with E-state index in [-0.39, 0.29) is 0 Å². The first-order valence-corrected chi connectivity index (χ1v) is 4.64. The number of rotatable bonds is 7. The summed E-state index contributed by atoms with van der Waals surface area (Å²) >= 11 is 0. The summed E-state index contributed by atoms with van der Waals surface area (Å²) in [7, 11) is 0. The van der Waals surface area contributed by atoms with Gasteiger partial charge in [-0.25, -0.2) is 8.78 Å². The lowest BCUT2D eigenvalue weighted by Gasteiger charge is -2.14.